The van der Waals surface area contributed by atoms with Gasteiger partial charge in [-0.05, 0) is 60.3 Å². The number of nitrogens with one attached hydrogen (secondary N) is 1. The van der Waals surface area contributed by atoms with Crippen molar-refractivity contribution in [2.75, 3.05) is 0 Å². The van der Waals surface area contributed by atoms with Crippen LogP contribution in [0.5, 0.6) is 0 Å². The van der Waals surface area contributed by atoms with Crippen LogP contribution in [0, 0.1) is 0 Å². The van der Waals surface area contributed by atoms with Crippen LogP contribution in [0.25, 0.3) is 6.08 Å². The van der Waals surface area contributed by atoms with Gasteiger partial charge in [0.1, 0.15) is 0 Å². The standard InChI is InChI=1S/C17H10Cl2N2O2S2/c18-12-6-4-11(5-7-12)15(22)20-21-16(23)14(25-17(21)24)9-10-2-1-3-13(19)8-10/h1-9H,(H,20,22)/b14-9-. The molecule has 1 aliphatic heterocycles. The minimum atomic E-state index is -0.447. The molecule has 4 nitrogen and oxygen atoms in total. The lowest BCUT2D eigenvalue weighted by Gasteiger charge is -2.15. The van der Waals surface area contributed by atoms with Gasteiger partial charge in [0.05, 0.1) is 4.91 Å². The first-order chi connectivity index (χ1) is 11.9. The van der Waals surface area contributed by atoms with Crippen LogP contribution in [0.3, 0.4) is 0 Å². The first-order valence-corrected chi connectivity index (χ1v) is 9.02. The molecule has 126 valence electrons. The molecular weight excluding hydrogens is 399 g/mol. The summed E-state index contributed by atoms with van der Waals surface area (Å²) in [5, 5.41) is 2.15. The lowest BCUT2D eigenvalue weighted by atomic mass is 10.2. The van der Waals surface area contributed by atoms with Crippen molar-refractivity contribution in [3.8, 4) is 0 Å². The summed E-state index contributed by atoms with van der Waals surface area (Å²) in [6, 6.07) is 13.4. The largest absolute Gasteiger partial charge is 0.285 e. The number of nitrogens with zero attached hydrogens (tertiary/aromatic N) is 1. The third-order valence-corrected chi connectivity index (χ3v) is 5.05. The van der Waals surface area contributed by atoms with Gasteiger partial charge in [-0.25, -0.2) is 0 Å². The molecule has 0 atom stereocenters. The number of benzene rings is 2. The van der Waals surface area contributed by atoms with Gasteiger partial charge in [-0.1, -0.05) is 47.1 Å². The van der Waals surface area contributed by atoms with Crippen molar-refractivity contribution in [2.24, 2.45) is 0 Å². The van der Waals surface area contributed by atoms with Crippen molar-refractivity contribution in [1.82, 2.24) is 10.4 Å². The Hall–Kier alpha value is -1.86. The molecule has 0 spiro atoms. The highest BCUT2D eigenvalue weighted by Crippen LogP contribution is 2.31. The molecule has 25 heavy (non-hydrogen) atoms. The van der Waals surface area contributed by atoms with E-state index in [4.69, 9.17) is 35.4 Å². The maximum atomic E-state index is 12.5. The van der Waals surface area contributed by atoms with Gasteiger partial charge in [-0.3, -0.25) is 15.0 Å². The van der Waals surface area contributed by atoms with E-state index in [1.807, 2.05) is 6.07 Å². The second-order valence-electron chi connectivity index (χ2n) is 5.02. The van der Waals surface area contributed by atoms with Crippen LogP contribution >= 0.6 is 47.2 Å². The summed E-state index contributed by atoms with van der Waals surface area (Å²) >= 11 is 18.1. The zero-order chi connectivity index (χ0) is 18.0. The molecule has 0 bridgehead atoms. The van der Waals surface area contributed by atoms with Crippen LogP contribution in [0.4, 0.5) is 0 Å². The Morgan fingerprint density at radius 1 is 1.12 bits per heavy atom. The second kappa shape index (κ2) is 7.58. The van der Waals surface area contributed by atoms with Crippen molar-refractivity contribution in [3.05, 3.63) is 74.6 Å². The Balaban J connectivity index is 1.77. The average molecular weight is 409 g/mol. The summed E-state index contributed by atoms with van der Waals surface area (Å²) in [6.45, 7) is 0. The molecule has 1 N–H and O–H groups in total. The van der Waals surface area contributed by atoms with E-state index in [9.17, 15) is 9.59 Å². The predicted molar refractivity (Wildman–Crippen MR) is 105 cm³/mol. The molecule has 2 aromatic carbocycles. The van der Waals surface area contributed by atoms with Crippen LogP contribution in [0.15, 0.2) is 53.4 Å². The number of carbonyl (C=O) groups excluding carboxylic acids is 2. The van der Waals surface area contributed by atoms with Crippen LogP contribution in [-0.4, -0.2) is 21.1 Å². The fraction of sp³-hybridized carbons (Fsp3) is 0. The van der Waals surface area contributed by atoms with Crippen molar-refractivity contribution >= 4 is 69.4 Å². The third kappa shape index (κ3) is 4.22. The van der Waals surface area contributed by atoms with Gasteiger partial charge in [0.15, 0.2) is 4.32 Å². The van der Waals surface area contributed by atoms with E-state index in [-0.39, 0.29) is 4.32 Å². The number of hydrazine groups is 1. The molecular formula is C17H10Cl2N2O2S2. The lowest BCUT2D eigenvalue weighted by Crippen LogP contribution is -2.44. The van der Waals surface area contributed by atoms with Crippen LogP contribution in [-0.2, 0) is 4.79 Å². The monoisotopic (exact) mass is 408 g/mol. The number of rotatable bonds is 3. The van der Waals surface area contributed by atoms with E-state index in [0.29, 0.717) is 20.5 Å². The zero-order valence-corrected chi connectivity index (χ0v) is 15.7. The fourth-order valence-electron chi connectivity index (χ4n) is 2.08. The molecule has 1 fully saturated rings. The molecule has 1 aliphatic rings. The minimum absolute atomic E-state index is 0.251. The Morgan fingerprint density at radius 2 is 1.84 bits per heavy atom. The van der Waals surface area contributed by atoms with Gasteiger partial charge in [0.2, 0.25) is 0 Å². The molecule has 1 heterocycles. The topological polar surface area (TPSA) is 49.4 Å². The van der Waals surface area contributed by atoms with Crippen LogP contribution in [0.2, 0.25) is 10.0 Å². The SMILES string of the molecule is O=C(NN1C(=O)/C(=C/c2cccc(Cl)c2)SC1=S)c1ccc(Cl)cc1. The number of hydrogen-bond acceptors (Lipinski definition) is 4. The van der Waals surface area contributed by atoms with Gasteiger partial charge in [0.25, 0.3) is 11.8 Å². The van der Waals surface area contributed by atoms with E-state index in [2.05, 4.69) is 5.43 Å². The van der Waals surface area contributed by atoms with Crippen molar-refractivity contribution in [1.29, 1.82) is 0 Å². The minimum Gasteiger partial charge on any atom is -0.267 e. The first kappa shape index (κ1) is 17.9. The number of thiocarbonyl (C=S) groups is 1. The van der Waals surface area contributed by atoms with Gasteiger partial charge in [0, 0.05) is 15.6 Å². The van der Waals surface area contributed by atoms with Crippen molar-refractivity contribution < 1.29 is 9.59 Å². The van der Waals surface area contributed by atoms with E-state index in [0.717, 1.165) is 22.3 Å². The molecule has 2 aromatic rings. The molecule has 0 aliphatic carbocycles. The first-order valence-electron chi connectivity index (χ1n) is 7.04. The maximum Gasteiger partial charge on any atom is 0.285 e. The van der Waals surface area contributed by atoms with Gasteiger partial charge >= 0.3 is 0 Å². The fourth-order valence-corrected chi connectivity index (χ4v) is 3.58. The quantitative estimate of drug-likeness (QED) is 0.598. The van der Waals surface area contributed by atoms with E-state index in [1.54, 1.807) is 48.5 Å². The highest BCUT2D eigenvalue weighted by atomic mass is 35.5. The molecule has 0 unspecified atom stereocenters. The summed E-state index contributed by atoms with van der Waals surface area (Å²) in [5.41, 5.74) is 3.66. The van der Waals surface area contributed by atoms with E-state index >= 15 is 0 Å². The zero-order valence-electron chi connectivity index (χ0n) is 12.5. The molecule has 1 saturated heterocycles. The Kier molecular flexibility index (Phi) is 5.44. The Labute approximate surface area is 163 Å². The number of hydrogen-bond donors (Lipinski definition) is 1. The number of amides is 2. The van der Waals surface area contributed by atoms with Crippen LogP contribution in [0.1, 0.15) is 15.9 Å². The predicted octanol–water partition coefficient (Wildman–Crippen LogP) is 4.54. The summed E-state index contributed by atoms with van der Waals surface area (Å²) in [5.74, 6) is -0.839. The Bertz CT molecular complexity index is 898. The molecule has 3 rings (SSSR count). The molecule has 0 saturated carbocycles. The second-order valence-corrected chi connectivity index (χ2v) is 7.57. The molecule has 0 radical (unpaired) electrons. The summed E-state index contributed by atoms with van der Waals surface area (Å²) < 4.78 is 0.251. The maximum absolute atomic E-state index is 12.5. The Morgan fingerprint density at radius 3 is 2.52 bits per heavy atom. The average Bonchev–Trinajstić information content (AvgIpc) is 2.83. The highest BCUT2D eigenvalue weighted by Gasteiger charge is 2.33. The van der Waals surface area contributed by atoms with E-state index < -0.39 is 11.8 Å². The normalized spacial score (nSPS) is 15.8. The van der Waals surface area contributed by atoms with Crippen molar-refractivity contribution in [3.63, 3.8) is 0 Å². The molecule has 8 heteroatoms. The lowest BCUT2D eigenvalue weighted by molar-refractivity contribution is -0.123. The summed E-state index contributed by atoms with van der Waals surface area (Å²) in [7, 11) is 0. The highest BCUT2D eigenvalue weighted by molar-refractivity contribution is 8.26. The van der Waals surface area contributed by atoms with Crippen molar-refractivity contribution in [2.45, 2.75) is 0 Å². The number of halogens is 2. The number of thioether (sulfide) groups is 1. The van der Waals surface area contributed by atoms with Gasteiger partial charge in [-0.15, -0.1) is 0 Å². The van der Waals surface area contributed by atoms with Gasteiger partial charge < -0.3 is 0 Å². The molecule has 2 amide bonds. The molecule has 0 aromatic heterocycles. The number of carbonyl (C=O) groups is 2. The third-order valence-electron chi connectivity index (χ3n) is 3.26. The van der Waals surface area contributed by atoms with Crippen LogP contribution < -0.4 is 5.43 Å². The smallest absolute Gasteiger partial charge is 0.267 e. The summed E-state index contributed by atoms with van der Waals surface area (Å²) in [4.78, 5) is 25.2. The van der Waals surface area contributed by atoms with E-state index in [1.165, 1.54) is 0 Å². The summed E-state index contributed by atoms with van der Waals surface area (Å²) in [6.07, 6.45) is 1.68. The van der Waals surface area contributed by atoms with Gasteiger partial charge in [-0.2, -0.15) is 5.01 Å².